The standard InChI is InChI=1S/C30H38N2O5/c1-20-16-27(34-2)25(23-10-12-31-29(20)23)19-32-13-11-22-18-26(32)24-9-8-21(30(33)35-3)17-28(24)37-15-7-5-4-6-14-36-22/h8-10,12,16-17,22,26,31H,4-7,11,13-15,18-19H2,1-3H3/t22-,26-/m0/s1. The van der Waals surface area contributed by atoms with E-state index in [1.807, 2.05) is 24.4 Å². The van der Waals surface area contributed by atoms with Gasteiger partial charge in [0.2, 0.25) is 0 Å². The molecule has 7 heteroatoms. The van der Waals surface area contributed by atoms with E-state index in [9.17, 15) is 4.79 Å². The van der Waals surface area contributed by atoms with Gasteiger partial charge < -0.3 is 23.9 Å². The van der Waals surface area contributed by atoms with Crippen molar-refractivity contribution in [2.45, 2.75) is 64.1 Å². The van der Waals surface area contributed by atoms with Crippen LogP contribution in [-0.2, 0) is 16.0 Å². The van der Waals surface area contributed by atoms with E-state index < -0.39 is 0 Å². The molecule has 3 heterocycles. The fourth-order valence-electron chi connectivity index (χ4n) is 5.80. The molecule has 5 rings (SSSR count). The molecule has 37 heavy (non-hydrogen) atoms. The average molecular weight is 507 g/mol. The lowest BCUT2D eigenvalue weighted by atomic mass is 9.91. The monoisotopic (exact) mass is 506 g/mol. The van der Waals surface area contributed by atoms with E-state index in [0.717, 1.165) is 80.8 Å². The number of aromatic amines is 1. The number of ether oxygens (including phenoxy) is 4. The Balaban J connectivity index is 1.54. The third kappa shape index (κ3) is 5.48. The summed E-state index contributed by atoms with van der Waals surface area (Å²) in [7, 11) is 3.15. The van der Waals surface area contributed by atoms with Crippen molar-refractivity contribution in [1.29, 1.82) is 0 Å². The summed E-state index contributed by atoms with van der Waals surface area (Å²) in [5.41, 5.74) is 5.10. The van der Waals surface area contributed by atoms with Gasteiger partial charge in [0.15, 0.2) is 0 Å². The minimum absolute atomic E-state index is 0.0844. The molecule has 1 fully saturated rings. The second-order valence-electron chi connectivity index (χ2n) is 10.2. The van der Waals surface area contributed by atoms with Gasteiger partial charge in [-0.15, -0.1) is 0 Å². The number of aryl methyl sites for hydroxylation is 1. The summed E-state index contributed by atoms with van der Waals surface area (Å²) >= 11 is 0. The first-order valence-corrected chi connectivity index (χ1v) is 13.4. The van der Waals surface area contributed by atoms with Crippen molar-refractivity contribution in [3.05, 3.63) is 58.8 Å². The zero-order valence-corrected chi connectivity index (χ0v) is 22.2. The van der Waals surface area contributed by atoms with Crippen molar-refractivity contribution in [2.75, 3.05) is 34.0 Å². The Labute approximate surface area is 219 Å². The van der Waals surface area contributed by atoms with Crippen molar-refractivity contribution >= 4 is 16.9 Å². The molecule has 1 N–H and O–H groups in total. The quantitative estimate of drug-likeness (QED) is 0.441. The Hall–Kier alpha value is -3.03. The number of methoxy groups -OCH3 is 2. The first-order valence-electron chi connectivity index (χ1n) is 13.4. The Bertz CT molecular complexity index is 1240. The van der Waals surface area contributed by atoms with E-state index in [1.165, 1.54) is 23.6 Å². The highest BCUT2D eigenvalue weighted by atomic mass is 16.5. The topological polar surface area (TPSA) is 73.0 Å². The predicted molar refractivity (Wildman–Crippen MR) is 143 cm³/mol. The Kier molecular flexibility index (Phi) is 8.01. The third-order valence-electron chi connectivity index (χ3n) is 7.80. The highest BCUT2D eigenvalue weighted by Gasteiger charge is 2.33. The predicted octanol–water partition coefficient (Wildman–Crippen LogP) is 5.95. The molecule has 198 valence electrons. The zero-order valence-electron chi connectivity index (χ0n) is 22.2. The number of benzene rings is 2. The van der Waals surface area contributed by atoms with Gasteiger partial charge in [-0.05, 0) is 68.9 Å². The van der Waals surface area contributed by atoms with Gasteiger partial charge in [0.25, 0.3) is 0 Å². The van der Waals surface area contributed by atoms with Crippen molar-refractivity contribution in [1.82, 2.24) is 9.88 Å². The van der Waals surface area contributed by atoms with Crippen molar-refractivity contribution < 1.29 is 23.7 Å². The van der Waals surface area contributed by atoms with E-state index in [-0.39, 0.29) is 18.1 Å². The zero-order chi connectivity index (χ0) is 25.8. The van der Waals surface area contributed by atoms with Gasteiger partial charge in [0.05, 0.1) is 32.5 Å². The molecule has 7 nitrogen and oxygen atoms in total. The van der Waals surface area contributed by atoms with Crippen LogP contribution >= 0.6 is 0 Å². The molecule has 2 atom stereocenters. The molecule has 2 aromatic carbocycles. The number of aromatic nitrogens is 1. The van der Waals surface area contributed by atoms with Gasteiger partial charge in [-0.2, -0.15) is 0 Å². The molecule has 0 saturated carbocycles. The Morgan fingerprint density at radius 2 is 1.95 bits per heavy atom. The molecule has 1 aromatic heterocycles. The van der Waals surface area contributed by atoms with Crippen LogP contribution in [0.5, 0.6) is 11.5 Å². The molecule has 0 unspecified atom stereocenters. The molecular formula is C30H38N2O5. The van der Waals surface area contributed by atoms with E-state index in [0.29, 0.717) is 12.2 Å². The van der Waals surface area contributed by atoms with Gasteiger partial charge >= 0.3 is 5.97 Å². The molecule has 0 spiro atoms. The van der Waals surface area contributed by atoms with Gasteiger partial charge in [0, 0.05) is 54.0 Å². The summed E-state index contributed by atoms with van der Waals surface area (Å²) in [5.74, 6) is 1.32. The van der Waals surface area contributed by atoms with Crippen molar-refractivity contribution in [3.8, 4) is 11.5 Å². The largest absolute Gasteiger partial charge is 0.496 e. The number of hydrogen-bond donors (Lipinski definition) is 1. The van der Waals surface area contributed by atoms with Crippen LogP contribution in [0, 0.1) is 6.92 Å². The summed E-state index contributed by atoms with van der Waals surface area (Å²) in [6, 6.07) is 10.1. The SMILES string of the molecule is COC(=O)c1ccc2c(c1)OCCCCCCO[C@H]1CCN(Cc3c(OC)cc(C)c4[nH]ccc34)[C@H]2C1. The maximum atomic E-state index is 12.3. The van der Waals surface area contributed by atoms with Gasteiger partial charge in [-0.3, -0.25) is 4.90 Å². The molecular weight excluding hydrogens is 468 g/mol. The van der Waals surface area contributed by atoms with Crippen LogP contribution in [0.3, 0.4) is 0 Å². The molecule has 0 aliphatic carbocycles. The lowest BCUT2D eigenvalue weighted by molar-refractivity contribution is -0.0203. The number of rotatable bonds is 4. The first-order chi connectivity index (χ1) is 18.1. The van der Waals surface area contributed by atoms with E-state index in [4.69, 9.17) is 18.9 Å². The van der Waals surface area contributed by atoms with Crippen LogP contribution in [0.25, 0.3) is 10.9 Å². The number of nitrogens with one attached hydrogen (secondary N) is 1. The van der Waals surface area contributed by atoms with Crippen molar-refractivity contribution in [3.63, 3.8) is 0 Å². The van der Waals surface area contributed by atoms with E-state index >= 15 is 0 Å². The second-order valence-corrected chi connectivity index (χ2v) is 10.2. The molecule has 0 radical (unpaired) electrons. The number of fused-ring (bicyclic) bond motifs is 5. The highest BCUT2D eigenvalue weighted by Crippen LogP contribution is 2.41. The summed E-state index contributed by atoms with van der Waals surface area (Å²) in [6.07, 6.45) is 8.35. The summed E-state index contributed by atoms with van der Waals surface area (Å²) in [4.78, 5) is 18.2. The molecule has 0 amide bonds. The number of piperidine rings is 1. The summed E-state index contributed by atoms with van der Waals surface area (Å²) in [6.45, 7) is 5.19. The van der Waals surface area contributed by atoms with Crippen LogP contribution in [0.2, 0.25) is 0 Å². The highest BCUT2D eigenvalue weighted by molar-refractivity contribution is 5.90. The lowest BCUT2D eigenvalue weighted by Gasteiger charge is -2.40. The van der Waals surface area contributed by atoms with Gasteiger partial charge in [-0.25, -0.2) is 4.79 Å². The molecule has 2 aliphatic heterocycles. The normalized spacial score (nSPS) is 21.2. The minimum Gasteiger partial charge on any atom is -0.496 e. The van der Waals surface area contributed by atoms with Crippen molar-refractivity contribution in [2.24, 2.45) is 0 Å². The van der Waals surface area contributed by atoms with Crippen LogP contribution in [0.15, 0.2) is 36.5 Å². The molecule has 2 aliphatic rings. The first kappa shape index (κ1) is 25.6. The van der Waals surface area contributed by atoms with Gasteiger partial charge in [0.1, 0.15) is 11.5 Å². The molecule has 3 aromatic rings. The minimum atomic E-state index is -0.352. The number of hydrogen-bond acceptors (Lipinski definition) is 6. The lowest BCUT2D eigenvalue weighted by Crippen LogP contribution is -2.39. The fraction of sp³-hybridized carbons (Fsp3) is 0.500. The Morgan fingerprint density at radius 1 is 1.11 bits per heavy atom. The molecule has 1 saturated heterocycles. The molecule has 2 bridgehead atoms. The maximum Gasteiger partial charge on any atom is 0.337 e. The number of esters is 1. The van der Waals surface area contributed by atoms with E-state index in [1.54, 1.807) is 7.11 Å². The summed E-state index contributed by atoms with van der Waals surface area (Å²) < 4.78 is 23.6. The maximum absolute atomic E-state index is 12.3. The van der Waals surface area contributed by atoms with Crippen LogP contribution in [-0.4, -0.2) is 55.9 Å². The number of carbonyl (C=O) groups excluding carboxylic acids is 1. The number of likely N-dealkylation sites (tertiary alicyclic amines) is 1. The number of H-pyrrole nitrogens is 1. The second kappa shape index (κ2) is 11.6. The van der Waals surface area contributed by atoms with Crippen LogP contribution in [0.4, 0.5) is 0 Å². The van der Waals surface area contributed by atoms with Crippen LogP contribution in [0.1, 0.15) is 71.6 Å². The Morgan fingerprint density at radius 3 is 2.76 bits per heavy atom. The number of nitrogens with zero attached hydrogens (tertiary/aromatic N) is 1. The number of carbonyl (C=O) groups is 1. The average Bonchev–Trinajstić information content (AvgIpc) is 3.42. The summed E-state index contributed by atoms with van der Waals surface area (Å²) in [5, 5.41) is 1.19. The van der Waals surface area contributed by atoms with Crippen LogP contribution < -0.4 is 9.47 Å². The van der Waals surface area contributed by atoms with E-state index in [2.05, 4.69) is 28.9 Å². The van der Waals surface area contributed by atoms with Gasteiger partial charge in [-0.1, -0.05) is 12.5 Å². The smallest absolute Gasteiger partial charge is 0.337 e. The third-order valence-corrected chi connectivity index (χ3v) is 7.80. The fourth-order valence-corrected chi connectivity index (χ4v) is 5.80.